The van der Waals surface area contributed by atoms with Crippen LogP contribution in [0, 0.1) is 0 Å². The van der Waals surface area contributed by atoms with E-state index in [1.807, 2.05) is 24.3 Å². The summed E-state index contributed by atoms with van der Waals surface area (Å²) in [5.41, 5.74) is 1.46. The van der Waals surface area contributed by atoms with E-state index in [9.17, 15) is 9.90 Å². The minimum atomic E-state index is -0.784. The zero-order chi connectivity index (χ0) is 18.1. The second-order valence-electron chi connectivity index (χ2n) is 5.46. The standard InChI is InChI=1S/C19H23NO5/c1-23-17-8-6-14(7-9-17)12-25-13-16(21)11-20-19(22)15-4-3-5-18(10-15)24-2/h3-10,16,21H,11-13H2,1-2H3,(H,20,22)/t16-/m0/s1. The molecule has 0 bridgehead atoms. The van der Waals surface area contributed by atoms with Crippen LogP contribution in [0.5, 0.6) is 11.5 Å². The van der Waals surface area contributed by atoms with Crippen molar-refractivity contribution < 1.29 is 24.1 Å². The first-order chi connectivity index (χ1) is 12.1. The highest BCUT2D eigenvalue weighted by Gasteiger charge is 2.10. The summed E-state index contributed by atoms with van der Waals surface area (Å²) in [5.74, 6) is 1.12. The lowest BCUT2D eigenvalue weighted by molar-refractivity contribution is 0.0285. The number of methoxy groups -OCH3 is 2. The number of hydrogen-bond acceptors (Lipinski definition) is 5. The van der Waals surface area contributed by atoms with Gasteiger partial charge in [-0.05, 0) is 35.9 Å². The molecule has 1 atom stereocenters. The summed E-state index contributed by atoms with van der Waals surface area (Å²) in [6, 6.07) is 14.3. The maximum Gasteiger partial charge on any atom is 0.251 e. The summed E-state index contributed by atoms with van der Waals surface area (Å²) in [4.78, 5) is 12.0. The Morgan fingerprint density at radius 2 is 1.80 bits per heavy atom. The molecule has 2 aromatic rings. The molecule has 0 spiro atoms. The molecule has 0 unspecified atom stereocenters. The summed E-state index contributed by atoms with van der Waals surface area (Å²) < 4.78 is 15.6. The fourth-order valence-electron chi connectivity index (χ4n) is 2.17. The number of carbonyl (C=O) groups excluding carboxylic acids is 1. The molecule has 2 rings (SSSR count). The molecule has 0 aliphatic rings. The normalized spacial score (nSPS) is 11.6. The van der Waals surface area contributed by atoms with Gasteiger partial charge in [0.1, 0.15) is 11.5 Å². The van der Waals surface area contributed by atoms with Gasteiger partial charge in [-0.1, -0.05) is 18.2 Å². The van der Waals surface area contributed by atoms with Crippen LogP contribution < -0.4 is 14.8 Å². The van der Waals surface area contributed by atoms with E-state index in [2.05, 4.69) is 5.32 Å². The van der Waals surface area contributed by atoms with Gasteiger partial charge in [0.2, 0.25) is 0 Å². The van der Waals surface area contributed by atoms with Crippen LogP contribution in [0.2, 0.25) is 0 Å². The van der Waals surface area contributed by atoms with Crippen LogP contribution in [-0.4, -0.2) is 44.5 Å². The maximum absolute atomic E-state index is 12.0. The van der Waals surface area contributed by atoms with Crippen LogP contribution in [0.25, 0.3) is 0 Å². The zero-order valence-electron chi connectivity index (χ0n) is 14.4. The number of hydrogen-bond donors (Lipinski definition) is 2. The van der Waals surface area contributed by atoms with Gasteiger partial charge in [-0.2, -0.15) is 0 Å². The Balaban J connectivity index is 1.70. The minimum absolute atomic E-state index is 0.110. The van der Waals surface area contributed by atoms with Crippen molar-refractivity contribution >= 4 is 5.91 Å². The SMILES string of the molecule is COc1ccc(COC[C@@H](O)CNC(=O)c2cccc(OC)c2)cc1. The van der Waals surface area contributed by atoms with Gasteiger partial charge >= 0.3 is 0 Å². The molecule has 0 radical (unpaired) electrons. The Morgan fingerprint density at radius 3 is 2.48 bits per heavy atom. The Morgan fingerprint density at radius 1 is 1.08 bits per heavy atom. The minimum Gasteiger partial charge on any atom is -0.497 e. The van der Waals surface area contributed by atoms with Gasteiger partial charge in [-0.25, -0.2) is 0 Å². The van der Waals surface area contributed by atoms with E-state index in [0.717, 1.165) is 11.3 Å². The highest BCUT2D eigenvalue weighted by Crippen LogP contribution is 2.13. The third kappa shape index (κ3) is 6.10. The first-order valence-electron chi connectivity index (χ1n) is 7.93. The molecule has 1 amide bonds. The fourth-order valence-corrected chi connectivity index (χ4v) is 2.17. The largest absolute Gasteiger partial charge is 0.497 e. The number of nitrogens with one attached hydrogen (secondary N) is 1. The van der Waals surface area contributed by atoms with Crippen LogP contribution >= 0.6 is 0 Å². The van der Waals surface area contributed by atoms with Gasteiger partial charge in [0.15, 0.2) is 0 Å². The fraction of sp³-hybridized carbons (Fsp3) is 0.316. The highest BCUT2D eigenvalue weighted by molar-refractivity contribution is 5.94. The number of amides is 1. The quantitative estimate of drug-likeness (QED) is 0.727. The van der Waals surface area contributed by atoms with Gasteiger partial charge in [0, 0.05) is 12.1 Å². The van der Waals surface area contributed by atoms with Crippen molar-refractivity contribution in [2.45, 2.75) is 12.7 Å². The molecule has 0 aliphatic heterocycles. The van der Waals surface area contributed by atoms with Crippen molar-refractivity contribution in [3.8, 4) is 11.5 Å². The number of aliphatic hydroxyl groups is 1. The second kappa shape index (κ2) is 9.66. The van der Waals surface area contributed by atoms with Crippen LogP contribution in [0.3, 0.4) is 0 Å². The predicted octanol–water partition coefficient (Wildman–Crippen LogP) is 2.01. The first-order valence-corrected chi connectivity index (χ1v) is 7.93. The average molecular weight is 345 g/mol. The van der Waals surface area contributed by atoms with E-state index in [1.54, 1.807) is 38.5 Å². The Labute approximate surface area is 147 Å². The lowest BCUT2D eigenvalue weighted by Crippen LogP contribution is -2.34. The number of carbonyl (C=O) groups is 1. The molecule has 134 valence electrons. The molecule has 0 saturated heterocycles. The van der Waals surface area contributed by atoms with Gasteiger partial charge in [-0.3, -0.25) is 4.79 Å². The predicted molar refractivity (Wildman–Crippen MR) is 94.0 cm³/mol. The average Bonchev–Trinajstić information content (AvgIpc) is 2.66. The summed E-state index contributed by atoms with van der Waals surface area (Å²) in [5, 5.41) is 12.6. The molecule has 25 heavy (non-hydrogen) atoms. The molecule has 0 fully saturated rings. The molecule has 2 N–H and O–H groups in total. The molecule has 0 saturated carbocycles. The third-order valence-electron chi connectivity index (χ3n) is 3.57. The van der Waals surface area contributed by atoms with Crippen LogP contribution in [0.4, 0.5) is 0 Å². The van der Waals surface area contributed by atoms with Crippen molar-refractivity contribution in [1.82, 2.24) is 5.32 Å². The molecule has 0 heterocycles. The monoisotopic (exact) mass is 345 g/mol. The Kier molecular flexibility index (Phi) is 7.25. The molecule has 6 heteroatoms. The lowest BCUT2D eigenvalue weighted by atomic mass is 10.2. The number of rotatable bonds is 9. The van der Waals surface area contributed by atoms with E-state index in [1.165, 1.54) is 0 Å². The molecule has 6 nitrogen and oxygen atoms in total. The van der Waals surface area contributed by atoms with Gasteiger partial charge in [-0.15, -0.1) is 0 Å². The van der Waals surface area contributed by atoms with Crippen molar-refractivity contribution in [3.05, 3.63) is 59.7 Å². The number of ether oxygens (including phenoxy) is 3. The summed E-state index contributed by atoms with van der Waals surface area (Å²) >= 11 is 0. The molecule has 0 aromatic heterocycles. The number of aliphatic hydroxyl groups excluding tert-OH is 1. The summed E-state index contributed by atoms with van der Waals surface area (Å²) in [7, 11) is 3.16. The second-order valence-corrected chi connectivity index (χ2v) is 5.46. The van der Waals surface area contributed by atoms with Gasteiger partial charge < -0.3 is 24.6 Å². The van der Waals surface area contributed by atoms with Crippen molar-refractivity contribution in [2.75, 3.05) is 27.4 Å². The van der Waals surface area contributed by atoms with Gasteiger partial charge in [0.25, 0.3) is 5.91 Å². The molecular weight excluding hydrogens is 322 g/mol. The van der Waals surface area contributed by atoms with Crippen molar-refractivity contribution in [2.24, 2.45) is 0 Å². The van der Waals surface area contributed by atoms with Crippen LogP contribution in [-0.2, 0) is 11.3 Å². The summed E-state index contributed by atoms with van der Waals surface area (Å²) in [6.07, 6.45) is -0.784. The van der Waals surface area contributed by atoms with Crippen molar-refractivity contribution in [3.63, 3.8) is 0 Å². The smallest absolute Gasteiger partial charge is 0.251 e. The first kappa shape index (κ1) is 18.8. The van der Waals surface area contributed by atoms with E-state index in [0.29, 0.717) is 17.9 Å². The van der Waals surface area contributed by atoms with E-state index < -0.39 is 6.10 Å². The van der Waals surface area contributed by atoms with Crippen LogP contribution in [0.1, 0.15) is 15.9 Å². The molecule has 0 aliphatic carbocycles. The van der Waals surface area contributed by atoms with E-state index in [4.69, 9.17) is 14.2 Å². The Bertz CT molecular complexity index is 672. The van der Waals surface area contributed by atoms with Gasteiger partial charge in [0.05, 0.1) is 33.5 Å². The van der Waals surface area contributed by atoms with E-state index >= 15 is 0 Å². The van der Waals surface area contributed by atoms with Crippen LogP contribution in [0.15, 0.2) is 48.5 Å². The summed E-state index contributed by atoms with van der Waals surface area (Å²) in [6.45, 7) is 0.619. The maximum atomic E-state index is 12.0. The molecule has 2 aromatic carbocycles. The van der Waals surface area contributed by atoms with Crippen molar-refractivity contribution in [1.29, 1.82) is 0 Å². The lowest BCUT2D eigenvalue weighted by Gasteiger charge is -2.13. The zero-order valence-corrected chi connectivity index (χ0v) is 14.4. The molecular formula is C19H23NO5. The third-order valence-corrected chi connectivity index (χ3v) is 3.57. The topological polar surface area (TPSA) is 77.0 Å². The Hall–Kier alpha value is -2.57. The van der Waals surface area contributed by atoms with E-state index in [-0.39, 0.29) is 19.1 Å². The number of benzene rings is 2. The highest BCUT2D eigenvalue weighted by atomic mass is 16.5.